The van der Waals surface area contributed by atoms with Gasteiger partial charge in [-0.15, -0.1) is 0 Å². The van der Waals surface area contributed by atoms with Crippen molar-refractivity contribution in [2.75, 3.05) is 31.2 Å². The highest BCUT2D eigenvalue weighted by atomic mass is 19.1. The van der Waals surface area contributed by atoms with Crippen LogP contribution in [-0.4, -0.2) is 38.4 Å². The van der Waals surface area contributed by atoms with E-state index >= 15 is 0 Å². The molecular formula is C16H23FN2O2. The molecule has 3 rings (SSSR count). The first-order valence-corrected chi connectivity index (χ1v) is 7.77. The number of ether oxygens (including phenoxy) is 2. The number of rotatable bonds is 3. The topological polar surface area (TPSA) is 47.7 Å². The van der Waals surface area contributed by atoms with E-state index in [-0.39, 0.29) is 18.0 Å². The minimum atomic E-state index is -0.233. The Hall–Kier alpha value is -1.33. The lowest BCUT2D eigenvalue weighted by molar-refractivity contribution is 0.0257. The number of nitrogens with zero attached hydrogens (tertiary/aromatic N) is 1. The monoisotopic (exact) mass is 294 g/mol. The van der Waals surface area contributed by atoms with Crippen molar-refractivity contribution in [1.82, 2.24) is 0 Å². The van der Waals surface area contributed by atoms with Crippen LogP contribution in [0.2, 0.25) is 0 Å². The van der Waals surface area contributed by atoms with Gasteiger partial charge in [-0.1, -0.05) is 0 Å². The first-order chi connectivity index (χ1) is 10.2. The summed E-state index contributed by atoms with van der Waals surface area (Å²) in [5.74, 6) is 0.529. The fourth-order valence-electron chi connectivity index (χ4n) is 3.04. The molecule has 0 spiro atoms. The molecule has 2 aliphatic rings. The van der Waals surface area contributed by atoms with Gasteiger partial charge in [-0.25, -0.2) is 4.39 Å². The summed E-state index contributed by atoms with van der Waals surface area (Å²) in [5.41, 5.74) is 6.87. The van der Waals surface area contributed by atoms with Crippen LogP contribution in [0.5, 0.6) is 5.75 Å². The van der Waals surface area contributed by atoms with Crippen molar-refractivity contribution in [2.45, 2.75) is 37.8 Å². The molecule has 1 atom stereocenters. The normalized spacial score (nSPS) is 24.1. The molecule has 1 aromatic rings. The maximum atomic E-state index is 13.6. The highest BCUT2D eigenvalue weighted by Gasteiger charge is 2.23. The van der Waals surface area contributed by atoms with Gasteiger partial charge in [0.25, 0.3) is 0 Å². The molecule has 1 aromatic carbocycles. The van der Waals surface area contributed by atoms with Gasteiger partial charge in [0.15, 0.2) is 0 Å². The van der Waals surface area contributed by atoms with Crippen LogP contribution in [0.1, 0.15) is 25.7 Å². The molecule has 2 fully saturated rings. The molecule has 4 nitrogen and oxygen atoms in total. The van der Waals surface area contributed by atoms with Gasteiger partial charge in [0.2, 0.25) is 0 Å². The molecule has 2 N–H and O–H groups in total. The first kappa shape index (κ1) is 14.6. The number of hydrogen-bond acceptors (Lipinski definition) is 4. The lowest BCUT2D eigenvalue weighted by Crippen LogP contribution is -2.43. The third kappa shape index (κ3) is 3.66. The Balaban J connectivity index is 1.78. The second-order valence-corrected chi connectivity index (χ2v) is 5.89. The van der Waals surface area contributed by atoms with Crippen LogP contribution in [0.3, 0.4) is 0 Å². The molecular weight excluding hydrogens is 271 g/mol. The van der Waals surface area contributed by atoms with E-state index in [2.05, 4.69) is 4.90 Å². The maximum absolute atomic E-state index is 13.6. The number of piperidine rings is 1. The van der Waals surface area contributed by atoms with Crippen LogP contribution < -0.4 is 15.4 Å². The van der Waals surface area contributed by atoms with Crippen LogP contribution in [-0.2, 0) is 4.74 Å². The van der Waals surface area contributed by atoms with Crippen molar-refractivity contribution >= 4 is 5.69 Å². The lowest BCUT2D eigenvalue weighted by atomic mass is 10.1. The number of anilines is 1. The van der Waals surface area contributed by atoms with Gasteiger partial charge < -0.3 is 20.1 Å². The van der Waals surface area contributed by atoms with Gasteiger partial charge in [0.1, 0.15) is 17.7 Å². The Morgan fingerprint density at radius 2 is 2.05 bits per heavy atom. The Bertz CT molecular complexity index is 477. The summed E-state index contributed by atoms with van der Waals surface area (Å²) < 4.78 is 25.1. The summed E-state index contributed by atoms with van der Waals surface area (Å²) in [6.07, 6.45) is 3.99. The standard InChI is InChI=1S/C16H23FN2O2/c17-12-3-4-16(21-14-5-8-20-9-6-14)15(10-12)19-7-1-2-13(18)11-19/h3-4,10,13-14H,1-2,5-9,11,18H2. The molecule has 0 bridgehead atoms. The van der Waals surface area contributed by atoms with Crippen LogP contribution in [0.15, 0.2) is 18.2 Å². The maximum Gasteiger partial charge on any atom is 0.143 e. The van der Waals surface area contributed by atoms with Gasteiger partial charge in [-0.2, -0.15) is 0 Å². The Labute approximate surface area is 125 Å². The zero-order valence-electron chi connectivity index (χ0n) is 12.3. The van der Waals surface area contributed by atoms with Crippen molar-refractivity contribution in [3.63, 3.8) is 0 Å². The number of halogens is 1. The zero-order chi connectivity index (χ0) is 14.7. The van der Waals surface area contributed by atoms with E-state index < -0.39 is 0 Å². The quantitative estimate of drug-likeness (QED) is 0.929. The lowest BCUT2D eigenvalue weighted by Gasteiger charge is -2.34. The average Bonchev–Trinajstić information content (AvgIpc) is 2.50. The van der Waals surface area contributed by atoms with E-state index in [0.717, 1.165) is 63.4 Å². The van der Waals surface area contributed by atoms with Crippen LogP contribution in [0, 0.1) is 5.82 Å². The van der Waals surface area contributed by atoms with E-state index in [9.17, 15) is 4.39 Å². The molecule has 0 radical (unpaired) electrons. The van der Waals surface area contributed by atoms with Crippen molar-refractivity contribution < 1.29 is 13.9 Å². The molecule has 5 heteroatoms. The van der Waals surface area contributed by atoms with Gasteiger partial charge in [0.05, 0.1) is 18.9 Å². The summed E-state index contributed by atoms with van der Waals surface area (Å²) in [7, 11) is 0. The summed E-state index contributed by atoms with van der Waals surface area (Å²) in [6.45, 7) is 3.13. The molecule has 1 unspecified atom stereocenters. The number of hydrogen-bond donors (Lipinski definition) is 1. The van der Waals surface area contributed by atoms with Crippen LogP contribution in [0.4, 0.5) is 10.1 Å². The largest absolute Gasteiger partial charge is 0.488 e. The van der Waals surface area contributed by atoms with E-state index in [4.69, 9.17) is 15.2 Å². The van der Waals surface area contributed by atoms with E-state index in [1.54, 1.807) is 12.1 Å². The molecule has 2 aliphatic heterocycles. The Morgan fingerprint density at radius 1 is 1.24 bits per heavy atom. The van der Waals surface area contributed by atoms with Gasteiger partial charge in [-0.05, 0) is 25.0 Å². The third-order valence-electron chi connectivity index (χ3n) is 4.18. The molecule has 2 saturated heterocycles. The third-order valence-corrected chi connectivity index (χ3v) is 4.18. The van der Waals surface area contributed by atoms with E-state index in [1.165, 1.54) is 6.07 Å². The van der Waals surface area contributed by atoms with E-state index in [1.807, 2.05) is 0 Å². The summed E-state index contributed by atoms with van der Waals surface area (Å²) >= 11 is 0. The highest BCUT2D eigenvalue weighted by Crippen LogP contribution is 2.33. The fourth-order valence-corrected chi connectivity index (χ4v) is 3.04. The summed E-state index contributed by atoms with van der Waals surface area (Å²) in [6, 6.07) is 4.91. The second-order valence-electron chi connectivity index (χ2n) is 5.89. The fraction of sp³-hybridized carbons (Fsp3) is 0.625. The average molecular weight is 294 g/mol. The molecule has 21 heavy (non-hydrogen) atoms. The molecule has 0 amide bonds. The Morgan fingerprint density at radius 3 is 2.81 bits per heavy atom. The predicted octanol–water partition coefficient (Wildman–Crippen LogP) is 2.31. The van der Waals surface area contributed by atoms with Crippen LogP contribution in [0.25, 0.3) is 0 Å². The highest BCUT2D eigenvalue weighted by molar-refractivity contribution is 5.59. The number of nitrogens with two attached hydrogens (primary N) is 1. The zero-order valence-corrected chi connectivity index (χ0v) is 12.3. The number of benzene rings is 1. The summed E-state index contributed by atoms with van der Waals surface area (Å²) in [4.78, 5) is 2.14. The van der Waals surface area contributed by atoms with Gasteiger partial charge in [0, 0.05) is 38.0 Å². The van der Waals surface area contributed by atoms with Gasteiger partial charge >= 0.3 is 0 Å². The van der Waals surface area contributed by atoms with Crippen molar-refractivity contribution in [3.05, 3.63) is 24.0 Å². The molecule has 2 heterocycles. The van der Waals surface area contributed by atoms with Gasteiger partial charge in [-0.3, -0.25) is 0 Å². The second kappa shape index (κ2) is 6.62. The minimum absolute atomic E-state index is 0.151. The first-order valence-electron chi connectivity index (χ1n) is 7.77. The van der Waals surface area contributed by atoms with E-state index in [0.29, 0.717) is 0 Å². The van der Waals surface area contributed by atoms with Crippen molar-refractivity contribution in [2.24, 2.45) is 5.73 Å². The Kier molecular flexibility index (Phi) is 4.60. The molecule has 0 aliphatic carbocycles. The SMILES string of the molecule is NC1CCCN(c2cc(F)ccc2OC2CCOCC2)C1. The molecule has 0 saturated carbocycles. The van der Waals surface area contributed by atoms with Crippen molar-refractivity contribution in [1.29, 1.82) is 0 Å². The van der Waals surface area contributed by atoms with Crippen LogP contribution >= 0.6 is 0 Å². The minimum Gasteiger partial charge on any atom is -0.488 e. The molecule has 116 valence electrons. The smallest absolute Gasteiger partial charge is 0.143 e. The molecule has 0 aromatic heterocycles. The predicted molar refractivity (Wildman–Crippen MR) is 80.3 cm³/mol. The summed E-state index contributed by atoms with van der Waals surface area (Å²) in [5, 5.41) is 0. The van der Waals surface area contributed by atoms with Crippen molar-refractivity contribution in [3.8, 4) is 5.75 Å².